The molecule has 92 valence electrons. The van der Waals surface area contributed by atoms with Gasteiger partial charge >= 0.3 is 7.12 Å². The van der Waals surface area contributed by atoms with E-state index in [-0.39, 0.29) is 16.7 Å². The molecule has 0 fully saturated rings. The average Bonchev–Trinajstić information content (AvgIpc) is 2.33. The van der Waals surface area contributed by atoms with Crippen LogP contribution in [-0.2, 0) is 0 Å². The van der Waals surface area contributed by atoms with Gasteiger partial charge in [-0.2, -0.15) is 0 Å². The minimum absolute atomic E-state index is 0.00463. The molecule has 2 aromatic rings. The molecule has 0 unspecified atom stereocenters. The Morgan fingerprint density at radius 2 is 1.89 bits per heavy atom. The summed E-state index contributed by atoms with van der Waals surface area (Å²) in [6, 6.07) is 5.19. The highest BCUT2D eigenvalue weighted by atomic mass is 19.2. The number of aromatic nitrogens is 1. The monoisotopic (exact) mass is 249 g/mol. The second-order valence-electron chi connectivity index (χ2n) is 3.85. The molecule has 1 aromatic heterocycles. The largest absolute Gasteiger partial charge is 0.488 e. The highest BCUT2D eigenvalue weighted by Crippen LogP contribution is 2.24. The molecule has 0 atom stereocenters. The number of hydrogen-bond acceptors (Lipinski definition) is 3. The van der Waals surface area contributed by atoms with E-state index in [0.29, 0.717) is 5.56 Å². The zero-order chi connectivity index (χ0) is 13.3. The van der Waals surface area contributed by atoms with Gasteiger partial charge in [0.25, 0.3) is 0 Å². The summed E-state index contributed by atoms with van der Waals surface area (Å²) in [5, 5.41) is 18.3. The predicted octanol–water partition coefficient (Wildman–Crippen LogP) is 1.02. The maximum absolute atomic E-state index is 13.7. The van der Waals surface area contributed by atoms with Crippen molar-refractivity contribution in [1.29, 1.82) is 0 Å². The predicted molar refractivity (Wildman–Crippen MR) is 64.2 cm³/mol. The van der Waals surface area contributed by atoms with Gasteiger partial charge in [-0.05, 0) is 36.1 Å². The number of halogens is 2. The van der Waals surface area contributed by atoms with Crippen LogP contribution in [-0.4, -0.2) is 22.2 Å². The third-order valence-corrected chi connectivity index (χ3v) is 2.73. The zero-order valence-electron chi connectivity index (χ0n) is 9.56. The molecule has 0 aliphatic carbocycles. The Balaban J connectivity index is 2.65. The fourth-order valence-corrected chi connectivity index (χ4v) is 1.79. The van der Waals surface area contributed by atoms with Gasteiger partial charge in [-0.3, -0.25) is 4.98 Å². The van der Waals surface area contributed by atoms with Gasteiger partial charge in [0, 0.05) is 11.8 Å². The third-order valence-electron chi connectivity index (χ3n) is 2.73. The van der Waals surface area contributed by atoms with Crippen molar-refractivity contribution in [2.75, 3.05) is 0 Å². The van der Waals surface area contributed by atoms with Crippen LogP contribution < -0.4 is 5.46 Å². The van der Waals surface area contributed by atoms with E-state index in [1.54, 1.807) is 6.92 Å². The number of nitrogens with zero attached hydrogens (tertiary/aromatic N) is 1. The molecule has 3 nitrogen and oxygen atoms in total. The van der Waals surface area contributed by atoms with Crippen LogP contribution in [0.2, 0.25) is 0 Å². The lowest BCUT2D eigenvalue weighted by Gasteiger charge is -2.10. The van der Waals surface area contributed by atoms with Gasteiger partial charge in [-0.25, -0.2) is 8.78 Å². The second-order valence-corrected chi connectivity index (χ2v) is 3.85. The zero-order valence-corrected chi connectivity index (χ0v) is 9.56. The first kappa shape index (κ1) is 12.7. The molecule has 0 bridgehead atoms. The molecular formula is C12H10BF2NO2. The number of rotatable bonds is 2. The second kappa shape index (κ2) is 4.84. The van der Waals surface area contributed by atoms with Gasteiger partial charge < -0.3 is 10.0 Å². The fourth-order valence-electron chi connectivity index (χ4n) is 1.79. The van der Waals surface area contributed by atoms with E-state index in [4.69, 9.17) is 10.0 Å². The van der Waals surface area contributed by atoms with Crippen molar-refractivity contribution in [3.63, 3.8) is 0 Å². The molecule has 0 radical (unpaired) electrons. The highest BCUT2D eigenvalue weighted by molar-refractivity contribution is 6.59. The van der Waals surface area contributed by atoms with Crippen LogP contribution >= 0.6 is 0 Å². The molecule has 0 aliphatic heterocycles. The molecule has 0 amide bonds. The summed E-state index contributed by atoms with van der Waals surface area (Å²) in [5.41, 5.74) is 0.799. The third kappa shape index (κ3) is 2.12. The van der Waals surface area contributed by atoms with E-state index in [9.17, 15) is 8.78 Å². The maximum atomic E-state index is 13.7. The van der Waals surface area contributed by atoms with Gasteiger partial charge in [0.2, 0.25) is 0 Å². The van der Waals surface area contributed by atoms with Crippen molar-refractivity contribution in [1.82, 2.24) is 4.98 Å². The average molecular weight is 249 g/mol. The number of benzene rings is 1. The Morgan fingerprint density at radius 1 is 1.17 bits per heavy atom. The van der Waals surface area contributed by atoms with Crippen molar-refractivity contribution in [3.8, 4) is 11.3 Å². The van der Waals surface area contributed by atoms with E-state index in [1.165, 1.54) is 24.4 Å². The summed E-state index contributed by atoms with van der Waals surface area (Å²) >= 11 is 0. The molecular weight excluding hydrogens is 239 g/mol. The quantitative estimate of drug-likeness (QED) is 0.781. The van der Waals surface area contributed by atoms with Gasteiger partial charge in [-0.1, -0.05) is 6.07 Å². The van der Waals surface area contributed by atoms with E-state index in [1.807, 2.05) is 0 Å². The fraction of sp³-hybridized carbons (Fsp3) is 0.0833. The van der Waals surface area contributed by atoms with Crippen LogP contribution in [0.15, 0.2) is 30.5 Å². The van der Waals surface area contributed by atoms with Crippen molar-refractivity contribution in [3.05, 3.63) is 47.7 Å². The number of hydrogen-bond donors (Lipinski definition) is 2. The molecule has 2 N–H and O–H groups in total. The van der Waals surface area contributed by atoms with Gasteiger partial charge in [-0.15, -0.1) is 0 Å². The van der Waals surface area contributed by atoms with Crippen LogP contribution in [0.1, 0.15) is 5.56 Å². The lowest BCUT2D eigenvalue weighted by Crippen LogP contribution is -2.32. The summed E-state index contributed by atoms with van der Waals surface area (Å²) in [6.45, 7) is 1.57. The van der Waals surface area contributed by atoms with Crippen molar-refractivity contribution < 1.29 is 18.8 Å². The summed E-state index contributed by atoms with van der Waals surface area (Å²) in [5.74, 6) is -1.97. The van der Waals surface area contributed by atoms with Gasteiger partial charge in [0.1, 0.15) is 0 Å². The molecule has 0 spiro atoms. The van der Waals surface area contributed by atoms with E-state index >= 15 is 0 Å². The molecule has 0 saturated carbocycles. The standard InChI is InChI=1S/C12H10BF2NO2/c1-7-9(13(17)18)5-6-16-12(7)8-3-2-4-10(14)11(8)15/h2-6,17-18H,1H3. The Bertz CT molecular complexity index is 590. The molecule has 1 heterocycles. The summed E-state index contributed by atoms with van der Waals surface area (Å²) < 4.78 is 26.8. The maximum Gasteiger partial charge on any atom is 0.488 e. The highest BCUT2D eigenvalue weighted by Gasteiger charge is 2.19. The Labute approximate surface area is 103 Å². The molecule has 18 heavy (non-hydrogen) atoms. The normalized spacial score (nSPS) is 10.5. The number of pyridine rings is 1. The minimum Gasteiger partial charge on any atom is -0.423 e. The lowest BCUT2D eigenvalue weighted by atomic mass is 9.77. The van der Waals surface area contributed by atoms with Crippen LogP contribution in [0.4, 0.5) is 8.78 Å². The SMILES string of the molecule is Cc1c(B(O)O)ccnc1-c1cccc(F)c1F. The van der Waals surface area contributed by atoms with Crippen molar-refractivity contribution >= 4 is 12.6 Å². The van der Waals surface area contributed by atoms with E-state index in [2.05, 4.69) is 4.98 Å². The smallest absolute Gasteiger partial charge is 0.423 e. The summed E-state index contributed by atoms with van der Waals surface area (Å²) in [6.07, 6.45) is 1.32. The van der Waals surface area contributed by atoms with Crippen LogP contribution in [0.5, 0.6) is 0 Å². The topological polar surface area (TPSA) is 53.4 Å². The van der Waals surface area contributed by atoms with E-state index < -0.39 is 18.8 Å². The van der Waals surface area contributed by atoms with E-state index in [0.717, 1.165) is 6.07 Å². The Morgan fingerprint density at radius 3 is 2.56 bits per heavy atom. The molecule has 1 aromatic carbocycles. The molecule has 0 aliphatic rings. The van der Waals surface area contributed by atoms with Gasteiger partial charge in [0.15, 0.2) is 11.6 Å². The Hall–Kier alpha value is -1.79. The lowest BCUT2D eigenvalue weighted by molar-refractivity contribution is 0.425. The van der Waals surface area contributed by atoms with Crippen LogP contribution in [0.25, 0.3) is 11.3 Å². The molecule has 2 rings (SSSR count). The first-order valence-electron chi connectivity index (χ1n) is 5.28. The summed E-state index contributed by atoms with van der Waals surface area (Å²) in [4.78, 5) is 3.96. The van der Waals surface area contributed by atoms with Gasteiger partial charge in [0.05, 0.1) is 5.69 Å². The van der Waals surface area contributed by atoms with Crippen molar-refractivity contribution in [2.24, 2.45) is 0 Å². The molecule has 6 heteroatoms. The summed E-state index contributed by atoms with van der Waals surface area (Å²) in [7, 11) is -1.68. The first-order valence-corrected chi connectivity index (χ1v) is 5.28. The minimum atomic E-state index is -1.68. The van der Waals surface area contributed by atoms with Crippen molar-refractivity contribution in [2.45, 2.75) is 6.92 Å². The molecule has 0 saturated heterocycles. The Kier molecular flexibility index (Phi) is 3.40. The van der Waals surface area contributed by atoms with Crippen LogP contribution in [0, 0.1) is 18.6 Å². The first-order chi connectivity index (χ1) is 8.52. The van der Waals surface area contributed by atoms with Crippen LogP contribution in [0.3, 0.4) is 0 Å².